The molecular weight excluding hydrogens is 228 g/mol. The minimum atomic E-state index is -0.244. The first kappa shape index (κ1) is 10.6. The summed E-state index contributed by atoms with van der Waals surface area (Å²) in [6, 6.07) is 7.77. The van der Waals surface area contributed by atoms with Gasteiger partial charge in [0.25, 0.3) is 5.91 Å². The molecule has 1 amide bonds. The second-order valence-electron chi connectivity index (χ2n) is 4.15. The fourth-order valence-electron chi connectivity index (χ4n) is 1.94. The lowest BCUT2D eigenvalue weighted by Gasteiger charge is -2.02. The van der Waals surface area contributed by atoms with E-state index in [1.165, 1.54) is 0 Å². The Balaban J connectivity index is 1.88. The molecule has 3 aromatic rings. The van der Waals surface area contributed by atoms with Crippen LogP contribution in [0.5, 0.6) is 0 Å². The van der Waals surface area contributed by atoms with Gasteiger partial charge in [-0.05, 0) is 31.2 Å². The van der Waals surface area contributed by atoms with Crippen LogP contribution >= 0.6 is 0 Å². The predicted molar refractivity (Wildman–Crippen MR) is 69.6 cm³/mol. The smallest absolute Gasteiger partial charge is 0.291 e. The van der Waals surface area contributed by atoms with Gasteiger partial charge in [0.1, 0.15) is 0 Å². The minimum absolute atomic E-state index is 0.244. The lowest BCUT2D eigenvalue weighted by Crippen LogP contribution is -2.13. The fraction of sp³-hybridized carbons (Fsp3) is 0.0769. The summed E-state index contributed by atoms with van der Waals surface area (Å²) < 4.78 is 0. The van der Waals surface area contributed by atoms with Crippen molar-refractivity contribution in [3.63, 3.8) is 0 Å². The molecule has 0 aliphatic carbocycles. The van der Waals surface area contributed by atoms with Gasteiger partial charge in [0, 0.05) is 34.7 Å². The third-order valence-corrected chi connectivity index (χ3v) is 2.73. The van der Waals surface area contributed by atoms with E-state index in [4.69, 9.17) is 0 Å². The number of aromatic amines is 2. The Labute approximate surface area is 103 Å². The molecule has 90 valence electrons. The number of imidazole rings is 1. The Hall–Kier alpha value is -2.56. The van der Waals surface area contributed by atoms with Gasteiger partial charge < -0.3 is 15.3 Å². The van der Waals surface area contributed by atoms with E-state index < -0.39 is 0 Å². The molecule has 0 radical (unpaired) electrons. The molecule has 3 rings (SSSR count). The van der Waals surface area contributed by atoms with E-state index in [0.717, 1.165) is 22.3 Å². The van der Waals surface area contributed by atoms with Gasteiger partial charge >= 0.3 is 0 Å². The van der Waals surface area contributed by atoms with E-state index in [9.17, 15) is 4.79 Å². The monoisotopic (exact) mass is 240 g/mol. The number of benzene rings is 1. The van der Waals surface area contributed by atoms with E-state index in [2.05, 4.69) is 20.3 Å². The quantitative estimate of drug-likeness (QED) is 0.643. The van der Waals surface area contributed by atoms with Gasteiger partial charge in [-0.2, -0.15) is 0 Å². The number of amides is 1. The van der Waals surface area contributed by atoms with Gasteiger partial charge in [0.05, 0.1) is 0 Å². The molecule has 2 aromatic heterocycles. The summed E-state index contributed by atoms with van der Waals surface area (Å²) in [5.74, 6) is 0.0620. The summed E-state index contributed by atoms with van der Waals surface area (Å²) in [7, 11) is 0. The van der Waals surface area contributed by atoms with Crippen LogP contribution in [0.3, 0.4) is 0 Å². The Morgan fingerprint density at radius 3 is 3.00 bits per heavy atom. The van der Waals surface area contributed by atoms with Crippen LogP contribution in [0, 0.1) is 6.92 Å². The van der Waals surface area contributed by atoms with Crippen molar-refractivity contribution >= 4 is 22.5 Å². The average Bonchev–Trinajstić information content (AvgIpc) is 2.95. The van der Waals surface area contributed by atoms with Crippen LogP contribution in [-0.2, 0) is 0 Å². The molecule has 0 atom stereocenters. The standard InChI is InChI=1S/C13H12N4O/c1-8-6-9-7-10(2-3-11(9)16-8)17-13(18)12-14-4-5-15-12/h2-7,16H,1H3,(H,14,15)(H,17,18). The number of fused-ring (bicyclic) bond motifs is 1. The van der Waals surface area contributed by atoms with Crippen LogP contribution in [0.25, 0.3) is 10.9 Å². The van der Waals surface area contributed by atoms with Gasteiger partial charge in [-0.15, -0.1) is 0 Å². The number of hydrogen-bond acceptors (Lipinski definition) is 2. The van der Waals surface area contributed by atoms with Crippen molar-refractivity contribution in [1.29, 1.82) is 0 Å². The van der Waals surface area contributed by atoms with Crippen LogP contribution in [0.4, 0.5) is 5.69 Å². The highest BCUT2D eigenvalue weighted by Gasteiger charge is 2.08. The SMILES string of the molecule is Cc1cc2cc(NC(=O)c3ncc[nH]3)ccc2[nH]1. The molecule has 0 spiro atoms. The molecule has 5 heteroatoms. The van der Waals surface area contributed by atoms with Gasteiger partial charge in [0.15, 0.2) is 5.82 Å². The minimum Gasteiger partial charge on any atom is -0.359 e. The number of H-pyrrole nitrogens is 2. The van der Waals surface area contributed by atoms with Crippen molar-refractivity contribution in [3.05, 3.63) is 48.2 Å². The van der Waals surface area contributed by atoms with Crippen LogP contribution in [0.1, 0.15) is 16.3 Å². The Morgan fingerprint density at radius 2 is 2.22 bits per heavy atom. The van der Waals surface area contributed by atoms with Gasteiger partial charge in [-0.3, -0.25) is 4.79 Å². The highest BCUT2D eigenvalue weighted by molar-refractivity contribution is 6.02. The number of aromatic nitrogens is 3. The number of nitrogens with one attached hydrogen (secondary N) is 3. The summed E-state index contributed by atoms with van der Waals surface area (Å²) in [6.07, 6.45) is 3.17. The second-order valence-corrected chi connectivity index (χ2v) is 4.15. The van der Waals surface area contributed by atoms with Gasteiger partial charge in [0.2, 0.25) is 0 Å². The number of aryl methyl sites for hydroxylation is 1. The predicted octanol–water partition coefficient (Wildman–Crippen LogP) is 2.45. The zero-order valence-corrected chi connectivity index (χ0v) is 9.82. The number of carbonyl (C=O) groups excluding carboxylic acids is 1. The van der Waals surface area contributed by atoms with Crippen molar-refractivity contribution in [3.8, 4) is 0 Å². The number of carbonyl (C=O) groups is 1. The van der Waals surface area contributed by atoms with Crippen molar-refractivity contribution in [2.24, 2.45) is 0 Å². The summed E-state index contributed by atoms with van der Waals surface area (Å²) >= 11 is 0. The largest absolute Gasteiger partial charge is 0.359 e. The average molecular weight is 240 g/mol. The third kappa shape index (κ3) is 1.86. The molecule has 0 aliphatic rings. The summed E-state index contributed by atoms with van der Waals surface area (Å²) in [5.41, 5.74) is 2.91. The van der Waals surface area contributed by atoms with E-state index in [1.807, 2.05) is 31.2 Å². The molecular formula is C13H12N4O. The third-order valence-electron chi connectivity index (χ3n) is 2.73. The van der Waals surface area contributed by atoms with Crippen LogP contribution in [0.15, 0.2) is 36.7 Å². The maximum absolute atomic E-state index is 11.8. The number of nitrogens with zero attached hydrogens (tertiary/aromatic N) is 1. The highest BCUT2D eigenvalue weighted by atomic mass is 16.2. The summed E-state index contributed by atoms with van der Waals surface area (Å²) in [5, 5.41) is 3.87. The lowest BCUT2D eigenvalue weighted by molar-refractivity contribution is 0.101. The Kier molecular flexibility index (Phi) is 2.37. The summed E-state index contributed by atoms with van der Waals surface area (Å²) in [6.45, 7) is 2.00. The van der Waals surface area contributed by atoms with Crippen LogP contribution in [0.2, 0.25) is 0 Å². The first-order chi connectivity index (χ1) is 8.72. The molecule has 0 saturated heterocycles. The van der Waals surface area contributed by atoms with Crippen molar-refractivity contribution < 1.29 is 4.79 Å². The molecule has 0 saturated carbocycles. The van der Waals surface area contributed by atoms with E-state index >= 15 is 0 Å². The van der Waals surface area contributed by atoms with Gasteiger partial charge in [-0.25, -0.2) is 4.98 Å². The maximum Gasteiger partial charge on any atom is 0.291 e. The maximum atomic E-state index is 11.8. The highest BCUT2D eigenvalue weighted by Crippen LogP contribution is 2.20. The van der Waals surface area contributed by atoms with Crippen LogP contribution < -0.4 is 5.32 Å². The first-order valence-corrected chi connectivity index (χ1v) is 5.62. The van der Waals surface area contributed by atoms with Crippen molar-refractivity contribution in [1.82, 2.24) is 15.0 Å². The molecule has 0 fully saturated rings. The zero-order chi connectivity index (χ0) is 12.5. The lowest BCUT2D eigenvalue weighted by atomic mass is 10.2. The van der Waals surface area contributed by atoms with E-state index in [-0.39, 0.29) is 5.91 Å². The molecule has 0 bridgehead atoms. The van der Waals surface area contributed by atoms with E-state index in [0.29, 0.717) is 5.82 Å². The fourth-order valence-corrected chi connectivity index (χ4v) is 1.94. The second kappa shape index (κ2) is 4.03. The van der Waals surface area contributed by atoms with Crippen LogP contribution in [-0.4, -0.2) is 20.9 Å². The number of hydrogen-bond donors (Lipinski definition) is 3. The first-order valence-electron chi connectivity index (χ1n) is 5.62. The molecule has 0 aliphatic heterocycles. The molecule has 0 unspecified atom stereocenters. The van der Waals surface area contributed by atoms with Gasteiger partial charge in [-0.1, -0.05) is 0 Å². The summed E-state index contributed by atoms with van der Waals surface area (Å²) in [4.78, 5) is 21.7. The number of anilines is 1. The number of rotatable bonds is 2. The Morgan fingerprint density at radius 1 is 1.33 bits per heavy atom. The molecule has 2 heterocycles. The molecule has 5 nitrogen and oxygen atoms in total. The zero-order valence-electron chi connectivity index (χ0n) is 9.82. The molecule has 1 aromatic carbocycles. The topological polar surface area (TPSA) is 73.6 Å². The van der Waals surface area contributed by atoms with Crippen molar-refractivity contribution in [2.45, 2.75) is 6.92 Å². The molecule has 18 heavy (non-hydrogen) atoms. The Bertz CT molecular complexity index is 697. The molecule has 3 N–H and O–H groups in total. The van der Waals surface area contributed by atoms with E-state index in [1.54, 1.807) is 12.4 Å². The van der Waals surface area contributed by atoms with Crippen molar-refractivity contribution in [2.75, 3.05) is 5.32 Å². The normalized spacial score (nSPS) is 10.7.